The van der Waals surface area contributed by atoms with Crippen molar-refractivity contribution >= 4 is 0 Å². The second-order valence-corrected chi connectivity index (χ2v) is 4.51. The molecule has 0 aromatic carbocycles. The first-order valence-electron chi connectivity index (χ1n) is 6.71. The van der Waals surface area contributed by atoms with Crippen molar-refractivity contribution in [2.24, 2.45) is 0 Å². The van der Waals surface area contributed by atoms with Crippen LogP contribution in [0.3, 0.4) is 0 Å². The van der Waals surface area contributed by atoms with Crippen LogP contribution in [0.1, 0.15) is 11.4 Å². The van der Waals surface area contributed by atoms with E-state index in [0.717, 1.165) is 25.9 Å². The molecule has 0 aliphatic carbocycles. The van der Waals surface area contributed by atoms with Gasteiger partial charge in [0.1, 0.15) is 0 Å². The minimum absolute atomic E-state index is 0.828. The van der Waals surface area contributed by atoms with Crippen molar-refractivity contribution in [1.82, 2.24) is 9.97 Å². The van der Waals surface area contributed by atoms with E-state index >= 15 is 0 Å². The highest BCUT2D eigenvalue weighted by molar-refractivity contribution is 4.94. The summed E-state index contributed by atoms with van der Waals surface area (Å²) in [5.74, 6) is 0. The van der Waals surface area contributed by atoms with Gasteiger partial charge in [-0.05, 0) is 0 Å². The van der Waals surface area contributed by atoms with Gasteiger partial charge in [-0.25, -0.2) is 0 Å². The number of hydrogen-bond acceptors (Lipinski definition) is 2. The smallest absolute Gasteiger partial charge is 0.207 e. The van der Waals surface area contributed by atoms with Gasteiger partial charge in [0.25, 0.3) is 0 Å². The first kappa shape index (κ1) is 14.1. The molecule has 2 heterocycles. The third kappa shape index (κ3) is 3.57. The van der Waals surface area contributed by atoms with E-state index in [-0.39, 0.29) is 0 Å². The highest BCUT2D eigenvalue weighted by atomic mass is 15.1. The average Bonchev–Trinajstić information content (AvgIpc) is 2.48. The summed E-state index contributed by atoms with van der Waals surface area (Å²) in [4.78, 5) is 8.33. The average molecular weight is 268 g/mol. The van der Waals surface area contributed by atoms with Crippen LogP contribution < -0.4 is 9.13 Å². The Morgan fingerprint density at radius 1 is 0.850 bits per heavy atom. The van der Waals surface area contributed by atoms with Crippen molar-refractivity contribution in [3.63, 3.8) is 0 Å². The van der Waals surface area contributed by atoms with Crippen LogP contribution in [0.2, 0.25) is 0 Å². The molecule has 0 amide bonds. The highest BCUT2D eigenvalue weighted by Gasteiger charge is 2.14. The fourth-order valence-corrected chi connectivity index (χ4v) is 2.12. The van der Waals surface area contributed by atoms with Crippen molar-refractivity contribution in [2.45, 2.75) is 25.9 Å². The van der Waals surface area contributed by atoms with Crippen molar-refractivity contribution in [3.8, 4) is 0 Å². The molecule has 0 saturated carbocycles. The second-order valence-electron chi connectivity index (χ2n) is 4.51. The SMILES string of the molecule is C=CCc1cncc[n+]1CC[n+]1ccncc1CC=C. The molecule has 2 rings (SSSR count). The summed E-state index contributed by atoms with van der Waals surface area (Å²) in [5, 5.41) is 0. The molecule has 0 aliphatic rings. The maximum Gasteiger partial charge on any atom is 0.207 e. The summed E-state index contributed by atoms with van der Waals surface area (Å²) in [5.41, 5.74) is 2.34. The van der Waals surface area contributed by atoms with Crippen LogP contribution in [-0.2, 0) is 25.9 Å². The third-order valence-corrected chi connectivity index (χ3v) is 3.14. The van der Waals surface area contributed by atoms with Crippen molar-refractivity contribution in [3.05, 3.63) is 73.9 Å². The maximum absolute atomic E-state index is 4.17. The van der Waals surface area contributed by atoms with Gasteiger partial charge in [0.2, 0.25) is 24.5 Å². The zero-order chi connectivity index (χ0) is 14.2. The molecule has 4 heteroatoms. The van der Waals surface area contributed by atoms with E-state index in [1.54, 1.807) is 0 Å². The molecule has 0 fully saturated rings. The summed E-state index contributed by atoms with van der Waals surface area (Å²) in [7, 11) is 0. The van der Waals surface area contributed by atoms with Crippen LogP contribution in [0.25, 0.3) is 0 Å². The van der Waals surface area contributed by atoms with Crippen LogP contribution in [-0.4, -0.2) is 9.97 Å². The number of nitrogens with zero attached hydrogens (tertiary/aromatic N) is 4. The van der Waals surface area contributed by atoms with Crippen molar-refractivity contribution in [2.75, 3.05) is 0 Å². The number of allylic oxidation sites excluding steroid dienone is 2. The Morgan fingerprint density at radius 2 is 1.30 bits per heavy atom. The minimum atomic E-state index is 0.828. The second kappa shape index (κ2) is 7.28. The molecule has 20 heavy (non-hydrogen) atoms. The van der Waals surface area contributed by atoms with Crippen LogP contribution >= 0.6 is 0 Å². The van der Waals surface area contributed by atoms with E-state index < -0.39 is 0 Å². The number of aromatic nitrogens is 4. The van der Waals surface area contributed by atoms with E-state index in [1.807, 2.05) is 49.3 Å². The van der Waals surface area contributed by atoms with Gasteiger partial charge in [0.05, 0.1) is 37.6 Å². The summed E-state index contributed by atoms with van der Waals surface area (Å²) in [6, 6.07) is 0. The van der Waals surface area contributed by atoms with E-state index in [1.165, 1.54) is 11.4 Å². The van der Waals surface area contributed by atoms with E-state index in [0.29, 0.717) is 0 Å². The van der Waals surface area contributed by atoms with E-state index in [4.69, 9.17) is 0 Å². The summed E-state index contributed by atoms with van der Waals surface area (Å²) in [6.07, 6.45) is 16.9. The summed E-state index contributed by atoms with van der Waals surface area (Å²) >= 11 is 0. The molecule has 0 atom stereocenters. The Kier molecular flexibility index (Phi) is 5.12. The van der Waals surface area contributed by atoms with Gasteiger partial charge in [-0.15, -0.1) is 13.2 Å². The molecule has 0 radical (unpaired) electrons. The van der Waals surface area contributed by atoms with Gasteiger partial charge >= 0.3 is 0 Å². The molecule has 2 aromatic rings. The molecule has 0 aliphatic heterocycles. The molecule has 4 nitrogen and oxygen atoms in total. The van der Waals surface area contributed by atoms with Gasteiger partial charge < -0.3 is 0 Å². The molecule has 0 unspecified atom stereocenters. The molecular weight excluding hydrogens is 248 g/mol. The summed E-state index contributed by atoms with van der Waals surface area (Å²) in [6.45, 7) is 9.36. The first-order chi connectivity index (χ1) is 9.85. The largest absolute Gasteiger partial charge is 0.252 e. The normalized spacial score (nSPS) is 10.2. The van der Waals surface area contributed by atoms with E-state index in [2.05, 4.69) is 32.3 Å². The maximum atomic E-state index is 4.17. The summed E-state index contributed by atoms with van der Waals surface area (Å²) < 4.78 is 4.42. The lowest BCUT2D eigenvalue weighted by molar-refractivity contribution is -0.784. The Hall–Kier alpha value is -2.36. The monoisotopic (exact) mass is 268 g/mol. The van der Waals surface area contributed by atoms with Gasteiger partial charge in [0.15, 0.2) is 12.4 Å². The van der Waals surface area contributed by atoms with Gasteiger partial charge in [-0.3, -0.25) is 9.97 Å². The predicted molar refractivity (Wildman–Crippen MR) is 76.7 cm³/mol. The van der Waals surface area contributed by atoms with Gasteiger partial charge in [0, 0.05) is 0 Å². The number of aryl methyl sites for hydroxylation is 2. The van der Waals surface area contributed by atoms with Crippen LogP contribution in [0.4, 0.5) is 0 Å². The molecule has 0 saturated heterocycles. The zero-order valence-corrected chi connectivity index (χ0v) is 11.7. The lowest BCUT2D eigenvalue weighted by atomic mass is 10.3. The lowest BCUT2D eigenvalue weighted by Gasteiger charge is -2.02. The van der Waals surface area contributed by atoms with Gasteiger partial charge in [-0.1, -0.05) is 12.2 Å². The van der Waals surface area contributed by atoms with E-state index in [9.17, 15) is 0 Å². The van der Waals surface area contributed by atoms with Crippen molar-refractivity contribution < 1.29 is 9.13 Å². The van der Waals surface area contributed by atoms with Crippen LogP contribution in [0.5, 0.6) is 0 Å². The molecule has 0 N–H and O–H groups in total. The molecule has 2 aromatic heterocycles. The number of rotatable bonds is 7. The van der Waals surface area contributed by atoms with Crippen LogP contribution in [0.15, 0.2) is 62.5 Å². The zero-order valence-electron chi connectivity index (χ0n) is 11.7. The fraction of sp³-hybridized carbons (Fsp3) is 0.250. The quantitative estimate of drug-likeness (QED) is 0.558. The highest BCUT2D eigenvalue weighted by Crippen LogP contribution is 1.93. The third-order valence-electron chi connectivity index (χ3n) is 3.14. The Labute approximate surface area is 119 Å². The Bertz CT molecular complexity index is 539. The van der Waals surface area contributed by atoms with Gasteiger partial charge in [-0.2, -0.15) is 9.13 Å². The van der Waals surface area contributed by atoms with Crippen molar-refractivity contribution in [1.29, 1.82) is 0 Å². The Morgan fingerprint density at radius 3 is 1.70 bits per heavy atom. The molecule has 0 bridgehead atoms. The molecular formula is C16H20N4+2. The fourth-order valence-electron chi connectivity index (χ4n) is 2.12. The predicted octanol–water partition coefficient (Wildman–Crippen LogP) is 1.21. The number of hydrogen-bond donors (Lipinski definition) is 0. The Balaban J connectivity index is 2.12. The minimum Gasteiger partial charge on any atom is -0.252 e. The lowest BCUT2D eigenvalue weighted by Crippen LogP contribution is -2.48. The van der Waals surface area contributed by atoms with Crippen LogP contribution in [0, 0.1) is 0 Å². The standard InChI is InChI=1S/C16H20N4/c1-3-5-15-13-17-7-9-19(15)11-12-20-10-8-18-14-16(20)6-4-2/h3-4,7-10,13-14H,1-2,5-6,11-12H2/q+2. The first-order valence-corrected chi connectivity index (χ1v) is 6.71. The molecule has 0 spiro atoms. The topological polar surface area (TPSA) is 33.5 Å². The molecule has 102 valence electrons.